The Hall–Kier alpha value is -2.24. The van der Waals surface area contributed by atoms with E-state index in [9.17, 15) is 9.59 Å². The number of tetrazole rings is 1. The molecule has 0 spiro atoms. The Morgan fingerprint density at radius 3 is 2.81 bits per heavy atom. The molecule has 0 bridgehead atoms. The van der Waals surface area contributed by atoms with Gasteiger partial charge in [0.15, 0.2) is 5.82 Å². The van der Waals surface area contributed by atoms with Crippen molar-refractivity contribution in [1.29, 1.82) is 0 Å². The van der Waals surface area contributed by atoms with Crippen LogP contribution in [-0.4, -0.2) is 37.7 Å². The average molecular weight is 402 g/mol. The molecular formula is C11H11IN6O3. The van der Waals surface area contributed by atoms with Gasteiger partial charge in [-0.3, -0.25) is 0 Å². The molecule has 2 aromatic rings. The van der Waals surface area contributed by atoms with Gasteiger partial charge < -0.3 is 15.7 Å². The van der Waals surface area contributed by atoms with E-state index in [1.165, 1.54) is 12.1 Å². The molecule has 110 valence electrons. The van der Waals surface area contributed by atoms with Crippen molar-refractivity contribution in [2.45, 2.75) is 13.0 Å². The number of carboxylic acid groups (broad SMARTS) is 1. The van der Waals surface area contributed by atoms with Gasteiger partial charge in [0.1, 0.15) is 0 Å². The smallest absolute Gasteiger partial charge is 0.337 e. The largest absolute Gasteiger partial charge is 0.478 e. The van der Waals surface area contributed by atoms with Crippen LogP contribution in [0.1, 0.15) is 29.1 Å². The molecule has 9 nitrogen and oxygen atoms in total. The van der Waals surface area contributed by atoms with Crippen molar-refractivity contribution in [3.05, 3.63) is 33.2 Å². The lowest BCUT2D eigenvalue weighted by atomic mass is 10.2. The molecule has 0 aliphatic rings. The van der Waals surface area contributed by atoms with Gasteiger partial charge >= 0.3 is 12.0 Å². The number of benzene rings is 1. The standard InChI is InChI=1S/C11H11IN6O3/c1-5(9-15-17-18-16-9)13-11(21)14-8-3-2-6(12)4-7(8)10(19)20/h2-5H,1H3,(H,19,20)(H2,13,14,21)(H,15,16,17,18). The fourth-order valence-corrected chi connectivity index (χ4v) is 2.07. The summed E-state index contributed by atoms with van der Waals surface area (Å²) >= 11 is 2.00. The van der Waals surface area contributed by atoms with E-state index in [4.69, 9.17) is 5.11 Å². The highest BCUT2D eigenvalue weighted by molar-refractivity contribution is 14.1. The van der Waals surface area contributed by atoms with E-state index >= 15 is 0 Å². The van der Waals surface area contributed by atoms with Gasteiger partial charge in [0.25, 0.3) is 0 Å². The van der Waals surface area contributed by atoms with E-state index < -0.39 is 18.0 Å². The number of H-pyrrole nitrogens is 1. The highest BCUT2D eigenvalue weighted by atomic mass is 127. The molecule has 10 heteroatoms. The number of rotatable bonds is 4. The van der Waals surface area contributed by atoms with Gasteiger partial charge in [0.05, 0.1) is 17.3 Å². The molecule has 2 rings (SSSR count). The second-order valence-electron chi connectivity index (χ2n) is 4.09. The maximum absolute atomic E-state index is 11.9. The lowest BCUT2D eigenvalue weighted by molar-refractivity contribution is 0.0698. The van der Waals surface area contributed by atoms with E-state index in [-0.39, 0.29) is 11.3 Å². The summed E-state index contributed by atoms with van der Waals surface area (Å²) in [5.41, 5.74) is 0.227. The van der Waals surface area contributed by atoms with Crippen LogP contribution < -0.4 is 10.6 Å². The van der Waals surface area contributed by atoms with E-state index in [2.05, 4.69) is 31.3 Å². The predicted molar refractivity (Wildman–Crippen MR) is 80.9 cm³/mol. The second-order valence-corrected chi connectivity index (χ2v) is 5.33. The Balaban J connectivity index is 2.08. The zero-order valence-corrected chi connectivity index (χ0v) is 13.0. The van der Waals surface area contributed by atoms with Crippen LogP contribution in [0.15, 0.2) is 18.2 Å². The number of aromatic carboxylic acids is 1. The first-order chi connectivity index (χ1) is 9.97. The number of nitrogens with one attached hydrogen (secondary N) is 3. The number of carboxylic acids is 1. The minimum Gasteiger partial charge on any atom is -0.478 e. The van der Waals surface area contributed by atoms with Crippen LogP contribution >= 0.6 is 22.6 Å². The average Bonchev–Trinajstić information content (AvgIpc) is 2.94. The lowest BCUT2D eigenvalue weighted by Gasteiger charge is -2.13. The fraction of sp³-hybridized carbons (Fsp3) is 0.182. The van der Waals surface area contributed by atoms with E-state index in [1.54, 1.807) is 13.0 Å². The molecule has 0 saturated heterocycles. The topological polar surface area (TPSA) is 133 Å². The Kier molecular flexibility index (Phi) is 4.67. The molecule has 1 unspecified atom stereocenters. The number of hydrogen-bond acceptors (Lipinski definition) is 5. The van der Waals surface area contributed by atoms with E-state index in [0.717, 1.165) is 3.57 Å². The number of hydrogen-bond donors (Lipinski definition) is 4. The van der Waals surface area contributed by atoms with Gasteiger partial charge in [-0.25, -0.2) is 9.59 Å². The normalized spacial score (nSPS) is 11.7. The predicted octanol–water partition coefficient (Wildman–Crippen LogP) is 1.39. The highest BCUT2D eigenvalue weighted by Gasteiger charge is 2.16. The van der Waals surface area contributed by atoms with Crippen molar-refractivity contribution in [2.24, 2.45) is 0 Å². The Labute approximate surface area is 132 Å². The fourth-order valence-electron chi connectivity index (χ4n) is 1.57. The van der Waals surface area contributed by atoms with Crippen molar-refractivity contribution >= 4 is 40.3 Å². The SMILES string of the molecule is CC(NC(=O)Nc1ccc(I)cc1C(=O)O)c1nn[nH]n1. The van der Waals surface area contributed by atoms with Crippen LogP contribution in [0.3, 0.4) is 0 Å². The number of aromatic amines is 1. The number of anilines is 1. The number of amides is 2. The second kappa shape index (κ2) is 6.47. The molecule has 1 aromatic heterocycles. The van der Waals surface area contributed by atoms with Gasteiger partial charge in [0.2, 0.25) is 0 Å². The van der Waals surface area contributed by atoms with Crippen molar-refractivity contribution in [3.63, 3.8) is 0 Å². The van der Waals surface area contributed by atoms with Crippen LogP contribution in [0, 0.1) is 3.57 Å². The molecule has 1 aromatic carbocycles. The Bertz CT molecular complexity index is 660. The zero-order chi connectivity index (χ0) is 15.4. The van der Waals surface area contributed by atoms with Gasteiger partial charge in [-0.1, -0.05) is 5.21 Å². The highest BCUT2D eigenvalue weighted by Crippen LogP contribution is 2.19. The molecule has 0 aliphatic carbocycles. The molecule has 0 saturated carbocycles. The molecule has 21 heavy (non-hydrogen) atoms. The molecule has 2 amide bonds. The van der Waals surface area contributed by atoms with Crippen LogP contribution in [0.25, 0.3) is 0 Å². The summed E-state index contributed by atoms with van der Waals surface area (Å²) in [4.78, 5) is 23.0. The minimum atomic E-state index is -1.12. The quantitative estimate of drug-likeness (QED) is 0.572. The summed E-state index contributed by atoms with van der Waals surface area (Å²) in [6, 6.07) is 3.67. The maximum Gasteiger partial charge on any atom is 0.337 e. The van der Waals surface area contributed by atoms with Crippen molar-refractivity contribution < 1.29 is 14.7 Å². The summed E-state index contributed by atoms with van der Waals surface area (Å²) < 4.78 is 0.760. The van der Waals surface area contributed by atoms with Crippen LogP contribution in [0.2, 0.25) is 0 Å². The molecule has 0 radical (unpaired) electrons. The number of carbonyl (C=O) groups is 2. The number of halogens is 1. The van der Waals surface area contributed by atoms with Gasteiger partial charge in [-0.2, -0.15) is 5.21 Å². The number of carbonyl (C=O) groups excluding carboxylic acids is 1. The molecule has 1 heterocycles. The van der Waals surface area contributed by atoms with Crippen molar-refractivity contribution in [3.8, 4) is 0 Å². The minimum absolute atomic E-state index is 0.0178. The first-order valence-electron chi connectivity index (χ1n) is 5.81. The van der Waals surface area contributed by atoms with E-state index in [1.807, 2.05) is 22.6 Å². The first kappa shape index (κ1) is 15.2. The van der Waals surface area contributed by atoms with Crippen LogP contribution in [-0.2, 0) is 0 Å². The number of aromatic nitrogens is 4. The van der Waals surface area contributed by atoms with Gasteiger partial charge in [-0.15, -0.1) is 10.2 Å². The molecule has 0 fully saturated rings. The molecule has 1 atom stereocenters. The third-order valence-corrected chi connectivity index (χ3v) is 3.23. The third kappa shape index (κ3) is 3.87. The summed E-state index contributed by atoms with van der Waals surface area (Å²) in [5.74, 6) is -0.791. The van der Waals surface area contributed by atoms with Gasteiger partial charge in [0, 0.05) is 3.57 Å². The van der Waals surface area contributed by atoms with Crippen LogP contribution in [0.4, 0.5) is 10.5 Å². The number of urea groups is 1. The first-order valence-corrected chi connectivity index (χ1v) is 6.89. The monoisotopic (exact) mass is 402 g/mol. The van der Waals surface area contributed by atoms with Crippen LogP contribution in [0.5, 0.6) is 0 Å². The van der Waals surface area contributed by atoms with Gasteiger partial charge in [-0.05, 0) is 47.7 Å². The van der Waals surface area contributed by atoms with E-state index in [0.29, 0.717) is 5.82 Å². The maximum atomic E-state index is 11.9. The Morgan fingerprint density at radius 2 is 2.19 bits per heavy atom. The van der Waals surface area contributed by atoms with Crippen molar-refractivity contribution in [2.75, 3.05) is 5.32 Å². The summed E-state index contributed by atoms with van der Waals surface area (Å²) in [5, 5.41) is 27.4. The molecular weight excluding hydrogens is 391 g/mol. The summed E-state index contributed by atoms with van der Waals surface area (Å²) in [6.07, 6.45) is 0. The zero-order valence-electron chi connectivity index (χ0n) is 10.8. The summed E-state index contributed by atoms with van der Waals surface area (Å²) in [7, 11) is 0. The number of nitrogens with zero attached hydrogens (tertiary/aromatic N) is 3. The van der Waals surface area contributed by atoms with Crippen molar-refractivity contribution in [1.82, 2.24) is 25.9 Å². The molecule has 4 N–H and O–H groups in total. The molecule has 0 aliphatic heterocycles. The lowest BCUT2D eigenvalue weighted by Crippen LogP contribution is -2.32. The Morgan fingerprint density at radius 1 is 1.43 bits per heavy atom. The third-order valence-electron chi connectivity index (χ3n) is 2.56. The summed E-state index contributed by atoms with van der Waals surface area (Å²) in [6.45, 7) is 1.68.